The van der Waals surface area contributed by atoms with E-state index < -0.39 is 0 Å². The number of nitrogens with zero attached hydrogens (tertiary/aromatic N) is 1. The molecule has 0 saturated carbocycles. The molecule has 1 aromatic rings. The second kappa shape index (κ2) is 5.21. The molecule has 1 unspecified atom stereocenters. The summed E-state index contributed by atoms with van der Waals surface area (Å²) in [7, 11) is 0. The smallest absolute Gasteiger partial charge is 0.227 e. The standard InChI is InChI=1S/C15H20N2O2/c16-13-5-1-3-11-8-9-17(15(11)13)14(18)7-6-12-4-2-10-19-12/h1,3,5,12H,2,4,6-10,16H2. The molecule has 2 aliphatic heterocycles. The third-order valence-electron chi connectivity index (χ3n) is 4.03. The van der Waals surface area contributed by atoms with Gasteiger partial charge in [-0.1, -0.05) is 12.1 Å². The lowest BCUT2D eigenvalue weighted by Gasteiger charge is -2.19. The van der Waals surface area contributed by atoms with Gasteiger partial charge in [0.2, 0.25) is 5.91 Å². The van der Waals surface area contributed by atoms with Crippen molar-refractivity contribution in [3.63, 3.8) is 0 Å². The summed E-state index contributed by atoms with van der Waals surface area (Å²) in [4.78, 5) is 14.2. The van der Waals surface area contributed by atoms with Crippen LogP contribution in [0.4, 0.5) is 11.4 Å². The van der Waals surface area contributed by atoms with E-state index in [0.717, 1.165) is 44.5 Å². The first kappa shape index (κ1) is 12.5. The van der Waals surface area contributed by atoms with Gasteiger partial charge in [-0.3, -0.25) is 4.79 Å². The molecule has 0 bridgehead atoms. The number of ether oxygens (including phenoxy) is 1. The summed E-state index contributed by atoms with van der Waals surface area (Å²) in [6.45, 7) is 1.60. The lowest BCUT2D eigenvalue weighted by molar-refractivity contribution is -0.119. The van der Waals surface area contributed by atoms with Crippen LogP contribution >= 0.6 is 0 Å². The predicted molar refractivity (Wildman–Crippen MR) is 75.1 cm³/mol. The number of rotatable bonds is 3. The zero-order chi connectivity index (χ0) is 13.2. The van der Waals surface area contributed by atoms with Crippen LogP contribution in [-0.2, 0) is 16.0 Å². The average Bonchev–Trinajstić information content (AvgIpc) is 3.05. The van der Waals surface area contributed by atoms with Crippen molar-refractivity contribution in [2.45, 2.75) is 38.2 Å². The van der Waals surface area contributed by atoms with Crippen LogP contribution in [0.15, 0.2) is 18.2 Å². The number of anilines is 2. The van der Waals surface area contributed by atoms with E-state index >= 15 is 0 Å². The third-order valence-corrected chi connectivity index (χ3v) is 4.03. The van der Waals surface area contributed by atoms with Crippen molar-refractivity contribution < 1.29 is 9.53 Å². The van der Waals surface area contributed by atoms with E-state index in [1.165, 1.54) is 5.56 Å². The Morgan fingerprint density at radius 2 is 2.37 bits per heavy atom. The molecule has 0 aromatic heterocycles. The summed E-state index contributed by atoms with van der Waals surface area (Å²) in [5.41, 5.74) is 8.82. The average molecular weight is 260 g/mol. The summed E-state index contributed by atoms with van der Waals surface area (Å²) < 4.78 is 5.56. The number of amides is 1. The molecule has 0 radical (unpaired) electrons. The summed E-state index contributed by atoms with van der Waals surface area (Å²) in [6, 6.07) is 5.87. The number of para-hydroxylation sites is 1. The molecule has 102 valence electrons. The molecule has 2 N–H and O–H groups in total. The quantitative estimate of drug-likeness (QED) is 0.847. The van der Waals surface area contributed by atoms with Gasteiger partial charge >= 0.3 is 0 Å². The molecule has 2 aliphatic rings. The van der Waals surface area contributed by atoms with Crippen LogP contribution in [0.1, 0.15) is 31.2 Å². The van der Waals surface area contributed by atoms with Gasteiger partial charge < -0.3 is 15.4 Å². The predicted octanol–water partition coefficient (Wildman–Crippen LogP) is 2.12. The molecule has 1 aromatic carbocycles. The number of carbonyl (C=O) groups is 1. The molecule has 1 fully saturated rings. The Labute approximate surface area is 113 Å². The molecule has 0 aliphatic carbocycles. The van der Waals surface area contributed by atoms with E-state index in [2.05, 4.69) is 6.07 Å². The van der Waals surface area contributed by atoms with Crippen molar-refractivity contribution in [1.82, 2.24) is 0 Å². The molecule has 19 heavy (non-hydrogen) atoms. The number of nitrogen functional groups attached to an aromatic ring is 1. The highest BCUT2D eigenvalue weighted by Crippen LogP contribution is 2.34. The van der Waals surface area contributed by atoms with Crippen LogP contribution in [0.3, 0.4) is 0 Å². The maximum absolute atomic E-state index is 12.3. The second-order valence-electron chi connectivity index (χ2n) is 5.32. The highest BCUT2D eigenvalue weighted by Gasteiger charge is 2.27. The van der Waals surface area contributed by atoms with Gasteiger partial charge in [0.25, 0.3) is 0 Å². The molecule has 1 amide bonds. The SMILES string of the molecule is Nc1cccc2c1N(C(=O)CCC1CCCO1)CC2. The van der Waals surface area contributed by atoms with E-state index in [9.17, 15) is 4.79 Å². The maximum Gasteiger partial charge on any atom is 0.227 e. The van der Waals surface area contributed by atoms with Gasteiger partial charge in [0.1, 0.15) is 0 Å². The highest BCUT2D eigenvalue weighted by atomic mass is 16.5. The Balaban J connectivity index is 1.66. The molecule has 0 spiro atoms. The fourth-order valence-electron chi connectivity index (χ4n) is 3.03. The summed E-state index contributed by atoms with van der Waals surface area (Å²) in [5, 5.41) is 0. The van der Waals surface area contributed by atoms with Gasteiger partial charge in [-0.05, 0) is 37.3 Å². The minimum Gasteiger partial charge on any atom is -0.397 e. The minimum absolute atomic E-state index is 0.173. The first-order valence-corrected chi connectivity index (χ1v) is 7.05. The lowest BCUT2D eigenvalue weighted by atomic mass is 10.1. The van der Waals surface area contributed by atoms with Crippen LogP contribution in [-0.4, -0.2) is 25.2 Å². The van der Waals surface area contributed by atoms with E-state index in [4.69, 9.17) is 10.5 Å². The monoisotopic (exact) mass is 260 g/mol. The molecule has 2 heterocycles. The largest absolute Gasteiger partial charge is 0.397 e. The molecule has 1 atom stereocenters. The summed E-state index contributed by atoms with van der Waals surface area (Å²) in [6.07, 6.45) is 4.78. The Morgan fingerprint density at radius 3 is 3.16 bits per heavy atom. The van der Waals surface area contributed by atoms with Crippen molar-refractivity contribution in [3.05, 3.63) is 23.8 Å². The van der Waals surface area contributed by atoms with Gasteiger partial charge in [0, 0.05) is 19.6 Å². The van der Waals surface area contributed by atoms with Gasteiger partial charge in [0.05, 0.1) is 17.5 Å². The Hall–Kier alpha value is -1.55. The summed E-state index contributed by atoms with van der Waals surface area (Å²) >= 11 is 0. The Bertz CT molecular complexity index is 481. The molecule has 4 nitrogen and oxygen atoms in total. The number of carbonyl (C=O) groups excluding carboxylic acids is 1. The van der Waals surface area contributed by atoms with Crippen LogP contribution < -0.4 is 10.6 Å². The second-order valence-corrected chi connectivity index (χ2v) is 5.32. The van der Waals surface area contributed by atoms with E-state index in [-0.39, 0.29) is 12.0 Å². The van der Waals surface area contributed by atoms with Crippen LogP contribution in [0, 0.1) is 0 Å². The minimum atomic E-state index is 0.173. The fourth-order valence-corrected chi connectivity index (χ4v) is 3.03. The summed E-state index contributed by atoms with van der Waals surface area (Å²) in [5.74, 6) is 0.173. The van der Waals surface area contributed by atoms with Gasteiger partial charge in [-0.15, -0.1) is 0 Å². The van der Waals surface area contributed by atoms with Crippen molar-refractivity contribution in [3.8, 4) is 0 Å². The van der Waals surface area contributed by atoms with Gasteiger partial charge in [0.15, 0.2) is 0 Å². The van der Waals surface area contributed by atoms with Gasteiger partial charge in [-0.2, -0.15) is 0 Å². The number of fused-ring (bicyclic) bond motifs is 1. The van der Waals surface area contributed by atoms with Crippen LogP contribution in [0.25, 0.3) is 0 Å². The van der Waals surface area contributed by atoms with Crippen LogP contribution in [0.5, 0.6) is 0 Å². The molecule has 4 heteroatoms. The van der Waals surface area contributed by atoms with E-state index in [0.29, 0.717) is 12.1 Å². The highest BCUT2D eigenvalue weighted by molar-refractivity contribution is 5.98. The van der Waals surface area contributed by atoms with Crippen LogP contribution in [0.2, 0.25) is 0 Å². The van der Waals surface area contributed by atoms with E-state index in [1.54, 1.807) is 0 Å². The zero-order valence-corrected chi connectivity index (χ0v) is 11.1. The number of nitrogens with two attached hydrogens (primary N) is 1. The van der Waals surface area contributed by atoms with E-state index in [1.807, 2.05) is 17.0 Å². The topological polar surface area (TPSA) is 55.6 Å². The first-order chi connectivity index (χ1) is 9.25. The molecular formula is C15H20N2O2. The van der Waals surface area contributed by atoms with Crippen molar-refractivity contribution >= 4 is 17.3 Å². The maximum atomic E-state index is 12.3. The molecule has 3 rings (SSSR count). The van der Waals surface area contributed by atoms with Crippen molar-refractivity contribution in [1.29, 1.82) is 0 Å². The third kappa shape index (κ3) is 2.45. The molecule has 1 saturated heterocycles. The Morgan fingerprint density at radius 1 is 1.47 bits per heavy atom. The Kier molecular flexibility index (Phi) is 3.42. The number of hydrogen-bond acceptors (Lipinski definition) is 3. The first-order valence-electron chi connectivity index (χ1n) is 7.05. The fraction of sp³-hybridized carbons (Fsp3) is 0.533. The number of hydrogen-bond donors (Lipinski definition) is 1. The lowest BCUT2D eigenvalue weighted by Crippen LogP contribution is -2.30. The normalized spacial score (nSPS) is 21.7. The van der Waals surface area contributed by atoms with Gasteiger partial charge in [-0.25, -0.2) is 0 Å². The van der Waals surface area contributed by atoms with Crippen molar-refractivity contribution in [2.24, 2.45) is 0 Å². The van der Waals surface area contributed by atoms with Crippen molar-refractivity contribution in [2.75, 3.05) is 23.8 Å². The molecular weight excluding hydrogens is 240 g/mol. The number of benzene rings is 1. The zero-order valence-electron chi connectivity index (χ0n) is 11.1.